The Morgan fingerprint density at radius 3 is 0.857 bits per heavy atom. The van der Waals surface area contributed by atoms with Crippen molar-refractivity contribution in [3.05, 3.63) is 0 Å². The molecule has 0 saturated heterocycles. The van der Waals surface area contributed by atoms with Crippen LogP contribution in [0.1, 0.15) is 0 Å². The van der Waals surface area contributed by atoms with Crippen LogP contribution in [0.2, 0.25) is 0 Å². The molecule has 0 unspecified atom stereocenters. The molecule has 0 aliphatic carbocycles. The first-order valence-electron chi connectivity index (χ1n) is 2.01. The first kappa shape index (κ1) is 23.4. The Morgan fingerprint density at radius 1 is 0.857 bits per heavy atom. The number of phosphoric acid groups is 1. The second-order valence-electron chi connectivity index (χ2n) is 1.01. The fourth-order valence-electron chi connectivity index (χ4n) is 0. The molecule has 0 atom stereocenters. The van der Waals surface area contributed by atoms with Crippen LogP contribution in [0.3, 0.4) is 0 Å². The molecule has 0 amide bonds. The molecule has 14 heavy (non-hydrogen) atoms. The van der Waals surface area contributed by atoms with E-state index in [2.05, 4.69) is 0 Å². The second kappa shape index (κ2) is 12.5. The SMILES string of the molecule is O=C([O-])[O-].O=C([O-])[O-].O=P(O)(O)O.[Zr+4]. The van der Waals surface area contributed by atoms with Crippen LogP contribution < -0.4 is 20.4 Å². The van der Waals surface area contributed by atoms with Crippen LogP contribution in [-0.4, -0.2) is 27.0 Å². The molecule has 0 saturated carbocycles. The molecule has 12 heteroatoms. The number of hydrogen-bond donors (Lipinski definition) is 3. The van der Waals surface area contributed by atoms with E-state index in [-0.39, 0.29) is 26.2 Å². The van der Waals surface area contributed by atoms with Gasteiger partial charge < -0.3 is 44.7 Å². The van der Waals surface area contributed by atoms with Gasteiger partial charge in [-0.25, -0.2) is 4.57 Å². The summed E-state index contributed by atoms with van der Waals surface area (Å²) in [5.41, 5.74) is 0. The smallest absolute Gasteiger partial charge is 0.652 e. The van der Waals surface area contributed by atoms with Crippen molar-refractivity contribution >= 4 is 20.1 Å². The molecule has 3 N–H and O–H groups in total. The van der Waals surface area contributed by atoms with Crippen LogP contribution in [-0.2, 0) is 30.8 Å². The van der Waals surface area contributed by atoms with Gasteiger partial charge in [-0.05, 0) is 12.3 Å². The fraction of sp³-hybridized carbons (Fsp3) is 0. The van der Waals surface area contributed by atoms with E-state index in [0.717, 1.165) is 0 Å². The van der Waals surface area contributed by atoms with Crippen LogP contribution in [0.4, 0.5) is 9.59 Å². The molecule has 0 rings (SSSR count). The minimum atomic E-state index is -4.64. The van der Waals surface area contributed by atoms with Gasteiger partial charge in [0.2, 0.25) is 0 Å². The summed E-state index contributed by atoms with van der Waals surface area (Å²) in [7, 11) is -4.64. The number of carboxylic acid groups (broad SMARTS) is 4. The third-order valence-corrected chi connectivity index (χ3v) is 0. The summed E-state index contributed by atoms with van der Waals surface area (Å²) in [4.78, 5) is 38.2. The summed E-state index contributed by atoms with van der Waals surface area (Å²) in [6.45, 7) is 0. The summed E-state index contributed by atoms with van der Waals surface area (Å²) >= 11 is 0. The van der Waals surface area contributed by atoms with Crippen molar-refractivity contribution in [1.82, 2.24) is 0 Å². The Labute approximate surface area is 95.8 Å². The molecule has 0 aliphatic rings. The van der Waals surface area contributed by atoms with Crippen LogP contribution >= 0.6 is 7.82 Å². The largest absolute Gasteiger partial charge is 4.00 e. The number of rotatable bonds is 0. The Balaban J connectivity index is -0.0000000522. The third kappa shape index (κ3) is 5870. The predicted molar refractivity (Wildman–Crippen MR) is 25.1 cm³/mol. The number of hydrogen-bond acceptors (Lipinski definition) is 7. The van der Waals surface area contributed by atoms with Crippen LogP contribution in [0.25, 0.3) is 0 Å². The van der Waals surface area contributed by atoms with Crippen molar-refractivity contribution in [2.75, 3.05) is 0 Å². The summed E-state index contributed by atoms with van der Waals surface area (Å²) in [6.07, 6.45) is -4.67. The topological polar surface area (TPSA) is 204 Å². The van der Waals surface area contributed by atoms with Crippen molar-refractivity contribution in [3.63, 3.8) is 0 Å². The minimum Gasteiger partial charge on any atom is -0.652 e. The van der Waals surface area contributed by atoms with E-state index in [1.54, 1.807) is 0 Å². The van der Waals surface area contributed by atoms with Gasteiger partial charge in [0.25, 0.3) is 0 Å². The maximum Gasteiger partial charge on any atom is 4.00 e. The first-order valence-corrected chi connectivity index (χ1v) is 3.57. The van der Waals surface area contributed by atoms with E-state index in [0.29, 0.717) is 0 Å². The third-order valence-electron chi connectivity index (χ3n) is 0. The fourth-order valence-corrected chi connectivity index (χ4v) is 0. The minimum absolute atomic E-state index is 0. The average Bonchev–Trinajstić information content (AvgIpc) is 1.50. The van der Waals surface area contributed by atoms with E-state index in [1.165, 1.54) is 0 Å². The zero-order valence-corrected chi connectivity index (χ0v) is 9.50. The van der Waals surface area contributed by atoms with Gasteiger partial charge in [0.1, 0.15) is 0 Å². The van der Waals surface area contributed by atoms with Gasteiger partial charge in [0.15, 0.2) is 0 Å². The van der Waals surface area contributed by atoms with Crippen molar-refractivity contribution in [1.29, 1.82) is 0 Å². The number of carbonyl (C=O) groups excluding carboxylic acids is 2. The van der Waals surface area contributed by atoms with Crippen LogP contribution in [0.15, 0.2) is 0 Å². The van der Waals surface area contributed by atoms with E-state index >= 15 is 0 Å². The predicted octanol–water partition coefficient (Wildman–Crippen LogP) is -5.83. The Kier molecular flexibility index (Phi) is 20.9. The Morgan fingerprint density at radius 2 is 0.857 bits per heavy atom. The zero-order chi connectivity index (χ0) is 11.7. The Hall–Kier alpha value is -0.467. The molecule has 0 radical (unpaired) electrons. The summed E-state index contributed by atoms with van der Waals surface area (Å²) in [5, 5.41) is 33.3. The number of carbonyl (C=O) groups is 2. The Bertz CT molecular complexity index is 166. The molecule has 0 aromatic rings. The normalized spacial score (nSPS) is 7.64. The van der Waals surface area contributed by atoms with Gasteiger partial charge in [-0.3, -0.25) is 0 Å². The molecule has 0 fully saturated rings. The molecule has 80 valence electrons. The monoisotopic (exact) mass is 308 g/mol. The first-order chi connectivity index (χ1) is 5.46. The van der Waals surface area contributed by atoms with Gasteiger partial charge in [-0.15, -0.1) is 0 Å². The van der Waals surface area contributed by atoms with Crippen molar-refractivity contribution in [2.45, 2.75) is 0 Å². The van der Waals surface area contributed by atoms with Crippen LogP contribution in [0, 0.1) is 0 Å². The van der Waals surface area contributed by atoms with Gasteiger partial charge in [-0.2, -0.15) is 0 Å². The molecule has 0 aromatic heterocycles. The standard InChI is InChI=1S/2CH2O3.H3O4P.Zr/c2*2-1(3)4;1-5(2,3)4;/h2*(H2,2,3,4);(H3,1,2,3,4);/q;;;+4/p-4. The van der Waals surface area contributed by atoms with Crippen molar-refractivity contribution in [3.8, 4) is 0 Å². The van der Waals surface area contributed by atoms with Gasteiger partial charge in [0.05, 0.1) is 0 Å². The van der Waals surface area contributed by atoms with E-state index < -0.39 is 20.1 Å². The maximum atomic E-state index is 8.88. The van der Waals surface area contributed by atoms with E-state index in [1.807, 2.05) is 0 Å². The van der Waals surface area contributed by atoms with E-state index in [9.17, 15) is 0 Å². The molecular formula is C2H3O10PZr. The summed E-state index contributed by atoms with van der Waals surface area (Å²) in [6, 6.07) is 0. The van der Waals surface area contributed by atoms with Gasteiger partial charge in [0, 0.05) is 0 Å². The zero-order valence-electron chi connectivity index (χ0n) is 6.15. The van der Waals surface area contributed by atoms with Crippen LogP contribution in [0.5, 0.6) is 0 Å². The second-order valence-corrected chi connectivity index (χ2v) is 2.04. The van der Waals surface area contributed by atoms with Crippen molar-refractivity contribution < 1.29 is 75.5 Å². The summed E-state index contributed by atoms with van der Waals surface area (Å²) in [5.74, 6) is 0. The molecule has 0 spiro atoms. The van der Waals surface area contributed by atoms with Gasteiger partial charge >= 0.3 is 34.0 Å². The van der Waals surface area contributed by atoms with Gasteiger partial charge in [-0.1, -0.05) is 0 Å². The average molecular weight is 309 g/mol. The molecule has 0 heterocycles. The molecule has 0 aliphatic heterocycles. The molecule has 0 bridgehead atoms. The molecule has 10 nitrogen and oxygen atoms in total. The molecular weight excluding hydrogens is 306 g/mol. The maximum absolute atomic E-state index is 8.88. The summed E-state index contributed by atoms with van der Waals surface area (Å²) < 4.78 is 8.88. The van der Waals surface area contributed by atoms with Crippen molar-refractivity contribution in [2.24, 2.45) is 0 Å². The molecule has 0 aromatic carbocycles. The quantitative estimate of drug-likeness (QED) is 0.361. The van der Waals surface area contributed by atoms with E-state index in [4.69, 9.17) is 49.3 Å².